The summed E-state index contributed by atoms with van der Waals surface area (Å²) in [6.45, 7) is 17.1. The van der Waals surface area contributed by atoms with Gasteiger partial charge in [-0.1, -0.05) is 150 Å². The molecule has 8 nitrogen and oxygen atoms in total. The van der Waals surface area contributed by atoms with Gasteiger partial charge in [0, 0.05) is 140 Å². The normalized spacial score (nSPS) is 10.5. The number of aromatic nitrogens is 8. The van der Waals surface area contributed by atoms with Gasteiger partial charge in [0.05, 0.1) is 0 Å². The summed E-state index contributed by atoms with van der Waals surface area (Å²) in [5.41, 5.74) is 11.9. The molecule has 0 saturated carbocycles. The zero-order chi connectivity index (χ0) is 55.8. The van der Waals surface area contributed by atoms with E-state index in [0.717, 1.165) is 191 Å². The highest BCUT2D eigenvalue weighted by Gasteiger charge is 2.25. The molecule has 8 heteroatoms. The quantitative estimate of drug-likeness (QED) is 0.147. The maximum atomic E-state index is 5.47. The second kappa shape index (κ2) is 26.9. The van der Waals surface area contributed by atoms with Crippen LogP contribution in [0.5, 0.6) is 0 Å². The van der Waals surface area contributed by atoms with Crippen LogP contribution in [0, 0.1) is 94.7 Å². The molecule has 0 spiro atoms. The van der Waals surface area contributed by atoms with Crippen molar-refractivity contribution in [1.82, 2.24) is 39.9 Å². The van der Waals surface area contributed by atoms with Crippen LogP contribution in [0.2, 0.25) is 0 Å². The topological polar surface area (TPSA) is 109 Å². The van der Waals surface area contributed by atoms with Crippen molar-refractivity contribution in [3.63, 3.8) is 0 Å². The molecule has 0 atom stereocenters. The Bertz CT molecular complexity index is 3750. The molecule has 4 aromatic carbocycles. The molecular formula is C72H66N8. The fraction of sp³-hybridized carbons (Fsp3) is 0.333. The monoisotopic (exact) mass is 1040 g/mol. The molecule has 0 unspecified atom stereocenters. The van der Waals surface area contributed by atoms with Crippen molar-refractivity contribution in [3.05, 3.63) is 93.0 Å². The van der Waals surface area contributed by atoms with E-state index >= 15 is 0 Å². The highest BCUT2D eigenvalue weighted by molar-refractivity contribution is 6.08. The number of nitrogens with zero attached hydrogens (tertiary/aromatic N) is 6. The van der Waals surface area contributed by atoms with Crippen molar-refractivity contribution >= 4 is 44.1 Å². The molecule has 3 aromatic heterocycles. The number of aromatic amines is 2. The minimum atomic E-state index is 0.462. The van der Waals surface area contributed by atoms with Gasteiger partial charge in [0.25, 0.3) is 0 Å². The summed E-state index contributed by atoms with van der Waals surface area (Å²) in [6, 6.07) is 16.7. The first-order chi connectivity index (χ1) is 39.3. The van der Waals surface area contributed by atoms with E-state index in [9.17, 15) is 0 Å². The number of H-pyrrole nitrogens is 2. The third kappa shape index (κ3) is 12.5. The average Bonchev–Trinajstić information content (AvgIpc) is 4.23. The van der Waals surface area contributed by atoms with Crippen LogP contribution in [0.25, 0.3) is 89.7 Å². The second-order valence-electron chi connectivity index (χ2n) is 19.8. The van der Waals surface area contributed by atoms with E-state index in [-0.39, 0.29) is 0 Å². The highest BCUT2D eigenvalue weighted by Crippen LogP contribution is 2.40. The molecule has 2 N–H and O–H groups in total. The molecule has 0 amide bonds. The number of hydrogen-bond acceptors (Lipinski definition) is 6. The van der Waals surface area contributed by atoms with E-state index < -0.39 is 0 Å². The summed E-state index contributed by atoms with van der Waals surface area (Å²) < 4.78 is 0. The Kier molecular flexibility index (Phi) is 18.6. The number of unbranched alkanes of at least 4 members (excludes halogenated alkanes) is 8. The van der Waals surface area contributed by atoms with Crippen molar-refractivity contribution in [2.24, 2.45) is 0 Å². The van der Waals surface area contributed by atoms with Gasteiger partial charge in [0.1, 0.15) is 22.6 Å². The number of benzene rings is 4. The molecule has 8 bridgehead atoms. The van der Waals surface area contributed by atoms with Crippen LogP contribution >= 0.6 is 0 Å². The van der Waals surface area contributed by atoms with E-state index in [4.69, 9.17) is 29.9 Å². The van der Waals surface area contributed by atoms with E-state index in [1.807, 2.05) is 0 Å². The zero-order valence-electron chi connectivity index (χ0n) is 47.6. The third-order valence-electron chi connectivity index (χ3n) is 13.2. The predicted octanol–water partition coefficient (Wildman–Crippen LogP) is 16.1. The van der Waals surface area contributed by atoms with Crippen LogP contribution in [0.15, 0.2) is 48.5 Å². The van der Waals surface area contributed by atoms with E-state index in [2.05, 4.69) is 209 Å². The molecular weight excluding hydrogens is 977 g/mol. The van der Waals surface area contributed by atoms with Gasteiger partial charge in [-0.15, -0.1) is 0 Å². The molecule has 5 heterocycles. The largest absolute Gasteiger partial charge is 0.324 e. The lowest BCUT2D eigenvalue weighted by Gasteiger charge is -2.04. The van der Waals surface area contributed by atoms with Gasteiger partial charge in [-0.3, -0.25) is 0 Å². The van der Waals surface area contributed by atoms with Crippen molar-refractivity contribution in [3.8, 4) is 140 Å². The van der Waals surface area contributed by atoms with Gasteiger partial charge >= 0.3 is 0 Å². The molecule has 0 saturated heterocycles. The number of rotatable bonds is 8. The Morgan fingerprint density at radius 2 is 0.425 bits per heavy atom. The summed E-state index contributed by atoms with van der Waals surface area (Å²) in [6.07, 6.45) is 13.6. The van der Waals surface area contributed by atoms with Gasteiger partial charge < -0.3 is 9.97 Å². The van der Waals surface area contributed by atoms with Crippen LogP contribution in [0.4, 0.5) is 0 Å². The SMILES string of the molecule is CCCC#Cc1cc2c(cc1C#CCCC)-c1nc-2nc2[nH]c(nc3nc(nc4[nH]c(n1)c1cc(C#CCCC)c(C#CCCC)cc41)-c1cc(C#CCCC)c(C#CCCC)cc1-3)c1cc(C#CCCC)c(C#CCCC)cc21. The van der Waals surface area contributed by atoms with Crippen LogP contribution < -0.4 is 0 Å². The Morgan fingerprint density at radius 1 is 0.250 bits per heavy atom. The van der Waals surface area contributed by atoms with Gasteiger partial charge in [-0.05, 0) is 99.9 Å². The zero-order valence-corrected chi connectivity index (χ0v) is 47.6. The van der Waals surface area contributed by atoms with Gasteiger partial charge in [0.15, 0.2) is 23.3 Å². The van der Waals surface area contributed by atoms with Crippen LogP contribution in [-0.2, 0) is 0 Å². The Morgan fingerprint density at radius 3 is 0.600 bits per heavy atom. The first-order valence-corrected chi connectivity index (χ1v) is 28.8. The van der Waals surface area contributed by atoms with Gasteiger partial charge in [-0.25, -0.2) is 29.9 Å². The maximum absolute atomic E-state index is 5.47. The minimum Gasteiger partial charge on any atom is -0.324 e. The summed E-state index contributed by atoms with van der Waals surface area (Å²) >= 11 is 0. The number of fused-ring (bicyclic) bond motifs is 20. The van der Waals surface area contributed by atoms with Crippen LogP contribution in [0.3, 0.4) is 0 Å². The summed E-state index contributed by atoms with van der Waals surface area (Å²) in [7, 11) is 0. The van der Waals surface area contributed by atoms with E-state index in [0.29, 0.717) is 45.9 Å². The Labute approximate surface area is 473 Å². The van der Waals surface area contributed by atoms with E-state index in [1.54, 1.807) is 0 Å². The summed E-state index contributed by atoms with van der Waals surface area (Å²) in [5.74, 6) is 56.7. The molecule has 9 rings (SSSR count). The molecule has 7 aromatic rings. The Hall–Kier alpha value is -9.28. The molecule has 0 aliphatic carbocycles. The van der Waals surface area contributed by atoms with Crippen molar-refractivity contribution in [1.29, 1.82) is 0 Å². The number of nitrogens with one attached hydrogen (secondary N) is 2. The van der Waals surface area contributed by atoms with Crippen molar-refractivity contribution < 1.29 is 0 Å². The molecule has 2 aliphatic heterocycles. The highest BCUT2D eigenvalue weighted by atomic mass is 15.1. The summed E-state index contributed by atoms with van der Waals surface area (Å²) in [4.78, 5) is 39.9. The van der Waals surface area contributed by atoms with Gasteiger partial charge in [0.2, 0.25) is 0 Å². The fourth-order valence-electron chi connectivity index (χ4n) is 9.06. The predicted molar refractivity (Wildman–Crippen MR) is 330 cm³/mol. The second-order valence-corrected chi connectivity index (χ2v) is 19.8. The Balaban J connectivity index is 1.50. The number of hydrogen-bond donors (Lipinski definition) is 2. The minimum absolute atomic E-state index is 0.462. The maximum Gasteiger partial charge on any atom is 0.164 e. The lowest BCUT2D eigenvalue weighted by molar-refractivity contribution is 0.983. The van der Waals surface area contributed by atoms with Crippen LogP contribution in [-0.4, -0.2) is 39.9 Å². The average molecular weight is 1040 g/mol. The van der Waals surface area contributed by atoms with Crippen LogP contribution in [0.1, 0.15) is 203 Å². The first kappa shape index (κ1) is 55.5. The first-order valence-electron chi connectivity index (χ1n) is 28.8. The molecule has 394 valence electrons. The lowest BCUT2D eigenvalue weighted by Crippen LogP contribution is -1.90. The smallest absolute Gasteiger partial charge is 0.164 e. The molecule has 80 heavy (non-hydrogen) atoms. The molecule has 0 radical (unpaired) electrons. The van der Waals surface area contributed by atoms with Crippen molar-refractivity contribution in [2.75, 3.05) is 0 Å². The summed E-state index contributed by atoms with van der Waals surface area (Å²) in [5, 5.41) is 3.24. The molecule has 2 aliphatic rings. The third-order valence-corrected chi connectivity index (χ3v) is 13.2. The standard InChI is InChI=1S/C72H66N8/c1-9-17-25-33-49-41-57-58(42-50(49)34-26-18-10-2)66-73-65(57)77-67-59-43-51(35-27-19-11-3)52(36-28-20-12-4)44-60(59)69(74-67)79-71-63-47-55(39-31-23-15-7)56(40-32-24-16-8)48-64(63)72(76-71)80-70-62-46-54(38-30-22-14-6)53(37-29-21-13-5)45-61(62)68(75-70)78-66/h41-48H,9-24H2,1-8H3,(H2,73,74,75,76,77,78,79,80). The lowest BCUT2D eigenvalue weighted by atomic mass is 9.98. The van der Waals surface area contributed by atoms with Crippen molar-refractivity contribution in [2.45, 2.75) is 158 Å². The fourth-order valence-corrected chi connectivity index (χ4v) is 9.06. The van der Waals surface area contributed by atoms with Gasteiger partial charge in [-0.2, -0.15) is 0 Å². The molecule has 0 fully saturated rings. The van der Waals surface area contributed by atoms with E-state index in [1.165, 1.54) is 0 Å².